The van der Waals surface area contributed by atoms with Crippen LogP contribution in [0.15, 0.2) is 18.2 Å². The third-order valence-electron chi connectivity index (χ3n) is 2.32. The SMILES string of the molecule is CCOC(=O)C(O)c1cccc(N)c1C(=O)OC. The van der Waals surface area contributed by atoms with Crippen molar-refractivity contribution in [3.05, 3.63) is 29.3 Å². The third kappa shape index (κ3) is 2.78. The molecule has 6 nitrogen and oxygen atoms in total. The molecule has 0 bridgehead atoms. The number of hydrogen-bond donors (Lipinski definition) is 2. The summed E-state index contributed by atoms with van der Waals surface area (Å²) in [5.41, 5.74) is 5.82. The van der Waals surface area contributed by atoms with Gasteiger partial charge in [-0.1, -0.05) is 12.1 Å². The Balaban J connectivity index is 3.19. The van der Waals surface area contributed by atoms with Crippen LogP contribution in [0.4, 0.5) is 5.69 Å². The van der Waals surface area contributed by atoms with Crippen molar-refractivity contribution in [3.63, 3.8) is 0 Å². The van der Waals surface area contributed by atoms with E-state index < -0.39 is 18.0 Å². The molecule has 1 atom stereocenters. The molecule has 6 heteroatoms. The van der Waals surface area contributed by atoms with Gasteiger partial charge in [-0.3, -0.25) is 0 Å². The van der Waals surface area contributed by atoms with Gasteiger partial charge in [-0.2, -0.15) is 0 Å². The van der Waals surface area contributed by atoms with Crippen LogP contribution in [0.1, 0.15) is 28.9 Å². The molecule has 0 saturated carbocycles. The van der Waals surface area contributed by atoms with Crippen molar-refractivity contribution in [3.8, 4) is 0 Å². The zero-order valence-electron chi connectivity index (χ0n) is 10.2. The first kappa shape index (κ1) is 14.0. The molecule has 1 unspecified atom stereocenters. The lowest BCUT2D eigenvalue weighted by atomic mass is 10.0. The second kappa shape index (κ2) is 6.02. The predicted molar refractivity (Wildman–Crippen MR) is 63.8 cm³/mol. The monoisotopic (exact) mass is 253 g/mol. The largest absolute Gasteiger partial charge is 0.465 e. The summed E-state index contributed by atoms with van der Waals surface area (Å²) in [5.74, 6) is -1.56. The third-order valence-corrected chi connectivity index (χ3v) is 2.32. The molecule has 3 N–H and O–H groups in total. The lowest BCUT2D eigenvalue weighted by Gasteiger charge is -2.14. The molecule has 98 valence electrons. The van der Waals surface area contributed by atoms with Crippen molar-refractivity contribution in [2.24, 2.45) is 0 Å². The van der Waals surface area contributed by atoms with Crippen LogP contribution in [0.25, 0.3) is 0 Å². The number of aliphatic hydroxyl groups is 1. The molecule has 0 heterocycles. The number of esters is 2. The second-order valence-electron chi connectivity index (χ2n) is 3.46. The summed E-state index contributed by atoms with van der Waals surface area (Å²) in [6, 6.07) is 4.43. The molecule has 0 aliphatic carbocycles. The van der Waals surface area contributed by atoms with E-state index in [0.717, 1.165) is 0 Å². The summed E-state index contributed by atoms with van der Waals surface area (Å²) < 4.78 is 9.25. The highest BCUT2D eigenvalue weighted by Gasteiger charge is 2.26. The molecule has 0 radical (unpaired) electrons. The average Bonchev–Trinajstić information content (AvgIpc) is 2.37. The zero-order valence-corrected chi connectivity index (χ0v) is 10.2. The van der Waals surface area contributed by atoms with Gasteiger partial charge in [0.05, 0.1) is 19.3 Å². The fourth-order valence-electron chi connectivity index (χ4n) is 1.50. The number of carbonyl (C=O) groups excluding carboxylic acids is 2. The number of benzene rings is 1. The van der Waals surface area contributed by atoms with E-state index in [1.165, 1.54) is 25.3 Å². The number of nitrogen functional groups attached to an aromatic ring is 1. The van der Waals surface area contributed by atoms with Crippen molar-refractivity contribution in [2.45, 2.75) is 13.0 Å². The van der Waals surface area contributed by atoms with Gasteiger partial charge in [0.1, 0.15) is 0 Å². The summed E-state index contributed by atoms with van der Waals surface area (Å²) in [7, 11) is 1.19. The highest BCUT2D eigenvalue weighted by atomic mass is 16.5. The standard InChI is InChI=1S/C12H15NO5/c1-3-18-12(16)10(14)7-5-4-6-8(13)9(7)11(15)17-2/h4-6,10,14H,3,13H2,1-2H3. The van der Waals surface area contributed by atoms with Gasteiger partial charge in [0.15, 0.2) is 6.10 Å². The minimum Gasteiger partial charge on any atom is -0.465 e. The minimum atomic E-state index is -1.57. The van der Waals surface area contributed by atoms with E-state index in [-0.39, 0.29) is 23.4 Å². The Morgan fingerprint density at radius 2 is 2.11 bits per heavy atom. The number of anilines is 1. The molecule has 0 saturated heterocycles. The fourth-order valence-corrected chi connectivity index (χ4v) is 1.50. The molecule has 1 aromatic carbocycles. The van der Waals surface area contributed by atoms with Gasteiger partial charge in [-0.05, 0) is 13.0 Å². The summed E-state index contributed by atoms with van der Waals surface area (Å²) in [5, 5.41) is 9.83. The topological polar surface area (TPSA) is 98.9 Å². The Bertz CT molecular complexity index is 458. The fraction of sp³-hybridized carbons (Fsp3) is 0.333. The molecular weight excluding hydrogens is 238 g/mol. The van der Waals surface area contributed by atoms with Crippen molar-refractivity contribution in [1.82, 2.24) is 0 Å². The van der Waals surface area contributed by atoms with Crippen LogP contribution < -0.4 is 5.73 Å². The van der Waals surface area contributed by atoms with Gasteiger partial charge in [0.25, 0.3) is 0 Å². The maximum atomic E-state index is 11.6. The van der Waals surface area contributed by atoms with Crippen LogP contribution in [-0.2, 0) is 14.3 Å². The molecule has 18 heavy (non-hydrogen) atoms. The van der Waals surface area contributed by atoms with E-state index >= 15 is 0 Å². The number of ether oxygens (including phenoxy) is 2. The summed E-state index contributed by atoms with van der Waals surface area (Å²) in [6.07, 6.45) is -1.57. The lowest BCUT2D eigenvalue weighted by Crippen LogP contribution is -2.19. The molecule has 0 amide bonds. The summed E-state index contributed by atoms with van der Waals surface area (Å²) in [6.45, 7) is 1.75. The van der Waals surface area contributed by atoms with Crippen molar-refractivity contribution < 1.29 is 24.2 Å². The van der Waals surface area contributed by atoms with Crippen LogP contribution >= 0.6 is 0 Å². The Hall–Kier alpha value is -2.08. The normalized spacial score (nSPS) is 11.7. The Morgan fingerprint density at radius 3 is 2.67 bits per heavy atom. The van der Waals surface area contributed by atoms with Gasteiger partial charge >= 0.3 is 11.9 Å². The van der Waals surface area contributed by atoms with Crippen LogP contribution in [0.2, 0.25) is 0 Å². The van der Waals surface area contributed by atoms with Gasteiger partial charge in [-0.25, -0.2) is 9.59 Å². The van der Waals surface area contributed by atoms with Crippen molar-refractivity contribution in [2.75, 3.05) is 19.5 Å². The van der Waals surface area contributed by atoms with Crippen molar-refractivity contribution in [1.29, 1.82) is 0 Å². The van der Waals surface area contributed by atoms with E-state index in [0.29, 0.717) is 0 Å². The molecule has 0 aromatic heterocycles. The Labute approximate surface area is 104 Å². The highest BCUT2D eigenvalue weighted by Crippen LogP contribution is 2.25. The Kier molecular flexibility index (Phi) is 4.67. The molecule has 0 aliphatic heterocycles. The van der Waals surface area contributed by atoms with Crippen LogP contribution in [0.3, 0.4) is 0 Å². The summed E-state index contributed by atoms with van der Waals surface area (Å²) in [4.78, 5) is 23.0. The summed E-state index contributed by atoms with van der Waals surface area (Å²) >= 11 is 0. The van der Waals surface area contributed by atoms with Gasteiger partial charge < -0.3 is 20.3 Å². The van der Waals surface area contributed by atoms with Gasteiger partial charge in [0, 0.05) is 11.3 Å². The smallest absolute Gasteiger partial charge is 0.340 e. The highest BCUT2D eigenvalue weighted by molar-refractivity contribution is 5.98. The lowest BCUT2D eigenvalue weighted by molar-refractivity contribution is -0.153. The van der Waals surface area contributed by atoms with Crippen LogP contribution in [-0.4, -0.2) is 30.8 Å². The number of aliphatic hydroxyl groups excluding tert-OH is 1. The average molecular weight is 253 g/mol. The molecular formula is C12H15NO5. The van der Waals surface area contributed by atoms with Crippen LogP contribution in [0.5, 0.6) is 0 Å². The maximum Gasteiger partial charge on any atom is 0.340 e. The van der Waals surface area contributed by atoms with Gasteiger partial charge in [-0.15, -0.1) is 0 Å². The molecule has 0 fully saturated rings. The minimum absolute atomic E-state index is 0.0273. The second-order valence-corrected chi connectivity index (χ2v) is 3.46. The molecule has 0 spiro atoms. The van der Waals surface area contributed by atoms with Gasteiger partial charge in [0.2, 0.25) is 0 Å². The zero-order chi connectivity index (χ0) is 13.7. The van der Waals surface area contributed by atoms with Crippen LogP contribution in [0, 0.1) is 0 Å². The quantitative estimate of drug-likeness (QED) is 0.604. The molecule has 0 aliphatic rings. The number of methoxy groups -OCH3 is 1. The first-order valence-electron chi connectivity index (χ1n) is 5.34. The van der Waals surface area contributed by atoms with Crippen molar-refractivity contribution >= 4 is 17.6 Å². The number of carbonyl (C=O) groups is 2. The predicted octanol–water partition coefficient (Wildman–Crippen LogP) is 0.652. The number of nitrogens with two attached hydrogens (primary N) is 1. The maximum absolute atomic E-state index is 11.6. The number of hydrogen-bond acceptors (Lipinski definition) is 6. The first-order valence-corrected chi connectivity index (χ1v) is 5.34. The van der Waals surface area contributed by atoms with E-state index in [1.54, 1.807) is 6.92 Å². The van der Waals surface area contributed by atoms with E-state index in [2.05, 4.69) is 9.47 Å². The number of rotatable bonds is 4. The van der Waals surface area contributed by atoms with E-state index in [1.807, 2.05) is 0 Å². The van der Waals surface area contributed by atoms with E-state index in [9.17, 15) is 14.7 Å². The molecule has 1 aromatic rings. The Morgan fingerprint density at radius 1 is 1.44 bits per heavy atom. The first-order chi connectivity index (χ1) is 8.52. The molecule has 1 rings (SSSR count). The van der Waals surface area contributed by atoms with E-state index in [4.69, 9.17) is 5.73 Å².